The summed E-state index contributed by atoms with van der Waals surface area (Å²) in [5, 5.41) is 5.73. The fourth-order valence-electron chi connectivity index (χ4n) is 3.00. The second-order valence-corrected chi connectivity index (χ2v) is 6.21. The van der Waals surface area contributed by atoms with Crippen LogP contribution in [-0.2, 0) is 11.2 Å². The number of aryl methyl sites for hydroxylation is 2. The summed E-state index contributed by atoms with van der Waals surface area (Å²) in [7, 11) is 0. The Morgan fingerprint density at radius 2 is 2.00 bits per heavy atom. The Balaban J connectivity index is 1.77. The predicted molar refractivity (Wildman–Crippen MR) is 96.4 cm³/mol. The number of anilines is 1. The summed E-state index contributed by atoms with van der Waals surface area (Å²) in [6.07, 6.45) is 0.491. The minimum atomic E-state index is -0.519. The van der Waals surface area contributed by atoms with Crippen LogP contribution in [0.3, 0.4) is 0 Å². The molecule has 1 saturated heterocycles. The Morgan fingerprint density at radius 3 is 2.72 bits per heavy atom. The number of carbonyl (C=O) groups is 2. The van der Waals surface area contributed by atoms with Crippen molar-refractivity contribution in [1.29, 1.82) is 0 Å². The summed E-state index contributed by atoms with van der Waals surface area (Å²) in [4.78, 5) is 31.1. The molecule has 25 heavy (non-hydrogen) atoms. The second-order valence-electron chi connectivity index (χ2n) is 6.21. The predicted octanol–water partition coefficient (Wildman–Crippen LogP) is 2.27. The Morgan fingerprint density at radius 1 is 1.24 bits per heavy atom. The van der Waals surface area contributed by atoms with E-state index in [-0.39, 0.29) is 11.9 Å². The summed E-state index contributed by atoms with van der Waals surface area (Å²) in [5.74, 6) is -0.121. The number of piperazine rings is 1. The minimum absolute atomic E-state index is 0.121. The van der Waals surface area contributed by atoms with Gasteiger partial charge in [0.05, 0.1) is 11.4 Å². The molecule has 1 atom stereocenters. The zero-order chi connectivity index (χ0) is 17.8. The van der Waals surface area contributed by atoms with Gasteiger partial charge in [-0.25, -0.2) is 4.79 Å². The molecule has 2 aromatic rings. The molecule has 0 spiro atoms. The van der Waals surface area contributed by atoms with E-state index in [1.54, 1.807) is 4.90 Å². The van der Waals surface area contributed by atoms with Crippen LogP contribution in [0.2, 0.25) is 0 Å². The first-order chi connectivity index (χ1) is 12.0. The van der Waals surface area contributed by atoms with Crippen molar-refractivity contribution in [2.24, 2.45) is 0 Å². The molecule has 1 unspecified atom stereocenters. The average Bonchev–Trinajstić information content (AvgIpc) is 2.60. The lowest BCUT2D eigenvalue weighted by Crippen LogP contribution is -2.59. The zero-order valence-electron chi connectivity index (χ0n) is 14.5. The van der Waals surface area contributed by atoms with Gasteiger partial charge in [0, 0.05) is 25.2 Å². The van der Waals surface area contributed by atoms with E-state index in [0.717, 1.165) is 17.0 Å². The van der Waals surface area contributed by atoms with Gasteiger partial charge in [0.2, 0.25) is 5.91 Å². The molecule has 0 saturated carbocycles. The number of aromatic nitrogens is 1. The molecule has 6 nitrogen and oxygen atoms in total. The number of nitrogens with one attached hydrogen (secondary N) is 2. The molecule has 3 amide bonds. The number of rotatable bonds is 3. The Bertz CT molecular complexity index is 776. The van der Waals surface area contributed by atoms with Gasteiger partial charge in [-0.2, -0.15) is 0 Å². The maximum atomic E-state index is 12.8. The fourth-order valence-corrected chi connectivity index (χ4v) is 3.00. The normalized spacial score (nSPS) is 17.1. The molecule has 1 fully saturated rings. The van der Waals surface area contributed by atoms with Crippen LogP contribution in [0.1, 0.15) is 17.0 Å². The van der Waals surface area contributed by atoms with Crippen molar-refractivity contribution < 1.29 is 9.59 Å². The third kappa shape index (κ3) is 3.96. The van der Waals surface area contributed by atoms with Crippen LogP contribution in [0.25, 0.3) is 0 Å². The molecule has 0 aliphatic carbocycles. The highest BCUT2D eigenvalue weighted by Gasteiger charge is 2.33. The summed E-state index contributed by atoms with van der Waals surface area (Å²) in [5.41, 5.74) is 3.35. The van der Waals surface area contributed by atoms with E-state index in [0.29, 0.717) is 25.2 Å². The van der Waals surface area contributed by atoms with Gasteiger partial charge >= 0.3 is 6.03 Å². The van der Waals surface area contributed by atoms with Crippen molar-refractivity contribution in [2.75, 3.05) is 18.4 Å². The average molecular weight is 338 g/mol. The summed E-state index contributed by atoms with van der Waals surface area (Å²) < 4.78 is 0. The lowest BCUT2D eigenvalue weighted by Gasteiger charge is -2.35. The van der Waals surface area contributed by atoms with Crippen LogP contribution in [0, 0.1) is 13.8 Å². The van der Waals surface area contributed by atoms with Crippen LogP contribution in [0.5, 0.6) is 0 Å². The molecule has 2 heterocycles. The van der Waals surface area contributed by atoms with Crippen LogP contribution >= 0.6 is 0 Å². The highest BCUT2D eigenvalue weighted by Crippen LogP contribution is 2.17. The third-order valence-electron chi connectivity index (χ3n) is 4.33. The Hall–Kier alpha value is -2.89. The topological polar surface area (TPSA) is 74.3 Å². The maximum absolute atomic E-state index is 12.8. The first-order valence-corrected chi connectivity index (χ1v) is 8.38. The maximum Gasteiger partial charge on any atom is 0.322 e. The Labute approximate surface area is 147 Å². The van der Waals surface area contributed by atoms with E-state index in [1.165, 1.54) is 0 Å². The number of urea groups is 1. The van der Waals surface area contributed by atoms with Crippen molar-refractivity contribution in [3.8, 4) is 0 Å². The molecule has 6 heteroatoms. The van der Waals surface area contributed by atoms with E-state index in [9.17, 15) is 9.59 Å². The summed E-state index contributed by atoms with van der Waals surface area (Å²) in [6.45, 7) is 4.70. The molecule has 1 aliphatic rings. The molecule has 1 aromatic heterocycles. The highest BCUT2D eigenvalue weighted by molar-refractivity contribution is 5.95. The Kier molecular flexibility index (Phi) is 4.97. The van der Waals surface area contributed by atoms with Crippen molar-refractivity contribution >= 4 is 17.6 Å². The number of carbonyl (C=O) groups excluding carboxylic acids is 2. The lowest BCUT2D eigenvalue weighted by molar-refractivity contribution is -0.127. The van der Waals surface area contributed by atoms with Crippen molar-refractivity contribution in [3.05, 3.63) is 59.4 Å². The van der Waals surface area contributed by atoms with Crippen molar-refractivity contribution in [3.63, 3.8) is 0 Å². The molecular weight excluding hydrogens is 316 g/mol. The standard InChI is InChI=1S/C19H22N4O2/c1-13-8-9-16(14(2)21-13)22-19(25)23-11-10-20-18(24)17(23)12-15-6-4-3-5-7-15/h3-9,17H,10-12H2,1-2H3,(H,20,24)(H,22,25). The monoisotopic (exact) mass is 338 g/mol. The van der Waals surface area contributed by atoms with Crippen molar-refractivity contribution in [2.45, 2.75) is 26.3 Å². The second kappa shape index (κ2) is 7.34. The smallest absolute Gasteiger partial charge is 0.322 e. The number of hydrogen-bond acceptors (Lipinski definition) is 3. The first kappa shape index (κ1) is 17.0. The van der Waals surface area contributed by atoms with Gasteiger partial charge in [0.15, 0.2) is 0 Å². The van der Waals surface area contributed by atoms with E-state index in [4.69, 9.17) is 0 Å². The van der Waals surface area contributed by atoms with Crippen LogP contribution in [-0.4, -0.2) is 41.0 Å². The number of hydrogen-bond donors (Lipinski definition) is 2. The first-order valence-electron chi connectivity index (χ1n) is 8.38. The zero-order valence-corrected chi connectivity index (χ0v) is 14.5. The fraction of sp³-hybridized carbons (Fsp3) is 0.316. The minimum Gasteiger partial charge on any atom is -0.353 e. The molecule has 1 aromatic carbocycles. The van der Waals surface area contributed by atoms with Crippen LogP contribution < -0.4 is 10.6 Å². The molecular formula is C19H22N4O2. The largest absolute Gasteiger partial charge is 0.353 e. The van der Waals surface area contributed by atoms with Gasteiger partial charge in [0.25, 0.3) is 0 Å². The van der Waals surface area contributed by atoms with E-state index >= 15 is 0 Å². The number of pyridine rings is 1. The molecule has 3 rings (SSSR count). The molecule has 0 bridgehead atoms. The SMILES string of the molecule is Cc1ccc(NC(=O)N2CCNC(=O)C2Cc2ccccc2)c(C)n1. The third-order valence-corrected chi connectivity index (χ3v) is 4.33. The molecule has 1 aliphatic heterocycles. The number of benzene rings is 1. The van der Waals surface area contributed by atoms with E-state index in [2.05, 4.69) is 15.6 Å². The van der Waals surface area contributed by atoms with Crippen LogP contribution in [0.4, 0.5) is 10.5 Å². The van der Waals surface area contributed by atoms with E-state index < -0.39 is 6.04 Å². The van der Waals surface area contributed by atoms with Gasteiger partial charge in [0.1, 0.15) is 6.04 Å². The van der Waals surface area contributed by atoms with Crippen LogP contribution in [0.15, 0.2) is 42.5 Å². The molecule has 0 radical (unpaired) electrons. The van der Waals surface area contributed by atoms with Gasteiger partial charge in [-0.3, -0.25) is 9.78 Å². The number of amides is 3. The molecule has 130 valence electrons. The summed E-state index contributed by atoms with van der Waals surface area (Å²) >= 11 is 0. The quantitative estimate of drug-likeness (QED) is 0.901. The van der Waals surface area contributed by atoms with Gasteiger partial charge in [-0.05, 0) is 31.5 Å². The van der Waals surface area contributed by atoms with Gasteiger partial charge in [-0.15, -0.1) is 0 Å². The highest BCUT2D eigenvalue weighted by atomic mass is 16.2. The van der Waals surface area contributed by atoms with Gasteiger partial charge < -0.3 is 15.5 Å². The van der Waals surface area contributed by atoms with Gasteiger partial charge in [-0.1, -0.05) is 30.3 Å². The summed E-state index contributed by atoms with van der Waals surface area (Å²) in [6, 6.07) is 12.6. The van der Waals surface area contributed by atoms with E-state index in [1.807, 2.05) is 56.3 Å². The van der Waals surface area contributed by atoms with Crippen molar-refractivity contribution in [1.82, 2.24) is 15.2 Å². The number of nitrogens with zero attached hydrogens (tertiary/aromatic N) is 2. The lowest BCUT2D eigenvalue weighted by atomic mass is 10.0. The molecule has 2 N–H and O–H groups in total.